The Bertz CT molecular complexity index is 903. The molecular weight excluding hydrogens is 302 g/mol. The normalized spacial score (nSPS) is 24.5. The van der Waals surface area contributed by atoms with Gasteiger partial charge in [-0.15, -0.1) is 0 Å². The van der Waals surface area contributed by atoms with Gasteiger partial charge in [-0.1, -0.05) is 23.8 Å². The predicted molar refractivity (Wildman–Crippen MR) is 90.7 cm³/mol. The molecule has 2 aromatic rings. The summed E-state index contributed by atoms with van der Waals surface area (Å²) in [4.78, 5) is 28.0. The molecule has 0 aromatic heterocycles. The lowest BCUT2D eigenvalue weighted by atomic mass is 9.92. The number of nitrogens with one attached hydrogen (secondary N) is 2. The maximum atomic E-state index is 13.2. The van der Waals surface area contributed by atoms with E-state index in [9.17, 15) is 9.59 Å². The molecule has 1 atom stereocenters. The summed E-state index contributed by atoms with van der Waals surface area (Å²) in [6.45, 7) is 2.00. The molecule has 1 saturated carbocycles. The third kappa shape index (κ3) is 1.59. The van der Waals surface area contributed by atoms with Gasteiger partial charge in [0.2, 0.25) is 5.66 Å². The Morgan fingerprint density at radius 1 is 1.08 bits per heavy atom. The van der Waals surface area contributed by atoms with Crippen LogP contribution in [0.1, 0.15) is 34.3 Å². The molecule has 1 fully saturated rings. The minimum Gasteiger partial charge on any atom is -0.350 e. The number of nitrogens with zero attached hydrogens (tertiary/aromatic N) is 1. The lowest BCUT2D eigenvalue weighted by molar-refractivity contribution is -0.125. The Hall–Kier alpha value is -2.82. The van der Waals surface area contributed by atoms with Crippen molar-refractivity contribution < 1.29 is 9.59 Å². The molecule has 24 heavy (non-hydrogen) atoms. The van der Waals surface area contributed by atoms with E-state index in [0.717, 1.165) is 29.7 Å². The third-order valence-electron chi connectivity index (χ3n) is 5.11. The SMILES string of the molecule is Cc1ccc2c(c1)C1(Nc3ccccc3C(=O)N1C1CC1)C(=O)N2. The van der Waals surface area contributed by atoms with Crippen molar-refractivity contribution >= 4 is 23.2 Å². The number of anilines is 2. The van der Waals surface area contributed by atoms with Gasteiger partial charge in [0.25, 0.3) is 11.8 Å². The van der Waals surface area contributed by atoms with Crippen LogP contribution in [0.3, 0.4) is 0 Å². The van der Waals surface area contributed by atoms with Crippen molar-refractivity contribution in [2.45, 2.75) is 31.5 Å². The van der Waals surface area contributed by atoms with Gasteiger partial charge in [0.05, 0.1) is 5.56 Å². The van der Waals surface area contributed by atoms with Gasteiger partial charge in [-0.3, -0.25) is 9.59 Å². The average Bonchev–Trinajstić information content (AvgIpc) is 3.36. The second-order valence-electron chi connectivity index (χ2n) is 6.79. The van der Waals surface area contributed by atoms with Crippen LogP contribution in [0, 0.1) is 6.92 Å². The summed E-state index contributed by atoms with van der Waals surface area (Å²) in [6, 6.07) is 13.4. The molecule has 1 unspecified atom stereocenters. The van der Waals surface area contributed by atoms with Gasteiger partial charge in [-0.25, -0.2) is 0 Å². The number of amides is 2. The third-order valence-corrected chi connectivity index (χ3v) is 5.11. The van der Waals surface area contributed by atoms with Gasteiger partial charge >= 0.3 is 0 Å². The molecule has 2 aromatic carbocycles. The number of hydrogen-bond donors (Lipinski definition) is 2. The molecule has 2 amide bonds. The summed E-state index contributed by atoms with van der Waals surface area (Å²) in [5.74, 6) is -0.255. The summed E-state index contributed by atoms with van der Waals surface area (Å²) >= 11 is 0. The molecule has 3 aliphatic rings. The molecule has 2 N–H and O–H groups in total. The van der Waals surface area contributed by atoms with Gasteiger partial charge in [0, 0.05) is 23.0 Å². The van der Waals surface area contributed by atoms with Crippen LogP contribution in [0.2, 0.25) is 0 Å². The summed E-state index contributed by atoms with van der Waals surface area (Å²) in [5.41, 5.74) is 2.87. The predicted octanol–water partition coefficient (Wildman–Crippen LogP) is 2.83. The maximum absolute atomic E-state index is 13.2. The zero-order valence-corrected chi connectivity index (χ0v) is 13.3. The molecule has 5 heteroatoms. The van der Waals surface area contributed by atoms with Crippen molar-refractivity contribution in [3.63, 3.8) is 0 Å². The summed E-state index contributed by atoms with van der Waals surface area (Å²) in [5, 5.41) is 6.35. The van der Waals surface area contributed by atoms with Gasteiger partial charge in [0.1, 0.15) is 0 Å². The van der Waals surface area contributed by atoms with E-state index >= 15 is 0 Å². The Labute approximate surface area is 139 Å². The second kappa shape index (κ2) is 4.38. The Balaban J connectivity index is 1.79. The number of fused-ring (bicyclic) bond motifs is 3. The molecule has 1 aliphatic carbocycles. The summed E-state index contributed by atoms with van der Waals surface area (Å²) < 4.78 is 0. The Kier molecular flexibility index (Phi) is 2.48. The summed E-state index contributed by atoms with van der Waals surface area (Å²) in [7, 11) is 0. The largest absolute Gasteiger partial charge is 0.350 e. The first-order chi connectivity index (χ1) is 11.6. The van der Waals surface area contributed by atoms with E-state index in [1.807, 2.05) is 49.4 Å². The minimum atomic E-state index is -1.14. The van der Waals surface area contributed by atoms with E-state index in [0.29, 0.717) is 11.3 Å². The molecule has 2 heterocycles. The Morgan fingerprint density at radius 2 is 1.88 bits per heavy atom. The van der Waals surface area contributed by atoms with Crippen molar-refractivity contribution in [3.05, 3.63) is 59.2 Å². The molecule has 1 spiro atoms. The molecular formula is C19H17N3O2. The zero-order chi connectivity index (χ0) is 16.5. The standard InChI is InChI=1S/C19H17N3O2/c1-11-6-9-16-14(10-11)19(18(24)20-16)21-15-5-3-2-4-13(15)17(23)22(19)12-7-8-12/h2-6,9-10,12,21H,7-8H2,1H3,(H,20,24). The second-order valence-corrected chi connectivity index (χ2v) is 6.79. The summed E-state index contributed by atoms with van der Waals surface area (Å²) in [6.07, 6.45) is 1.87. The smallest absolute Gasteiger partial charge is 0.276 e. The van der Waals surface area contributed by atoms with Crippen LogP contribution >= 0.6 is 0 Å². The molecule has 5 rings (SSSR count). The maximum Gasteiger partial charge on any atom is 0.276 e. The average molecular weight is 319 g/mol. The fourth-order valence-electron chi connectivity index (χ4n) is 3.85. The number of carbonyl (C=O) groups excluding carboxylic acids is 2. The van der Waals surface area contributed by atoms with Crippen LogP contribution in [-0.4, -0.2) is 22.8 Å². The van der Waals surface area contributed by atoms with Crippen LogP contribution < -0.4 is 10.6 Å². The van der Waals surface area contributed by atoms with Gasteiger partial charge in [0.15, 0.2) is 0 Å². The van der Waals surface area contributed by atoms with Crippen LogP contribution in [0.4, 0.5) is 11.4 Å². The van der Waals surface area contributed by atoms with Crippen molar-refractivity contribution in [2.75, 3.05) is 10.6 Å². The highest BCUT2D eigenvalue weighted by molar-refractivity contribution is 6.14. The monoisotopic (exact) mass is 319 g/mol. The first-order valence-corrected chi connectivity index (χ1v) is 8.25. The molecule has 0 radical (unpaired) electrons. The lowest BCUT2D eigenvalue weighted by Gasteiger charge is -2.45. The highest BCUT2D eigenvalue weighted by atomic mass is 16.2. The number of para-hydroxylation sites is 1. The number of aryl methyl sites for hydroxylation is 1. The topological polar surface area (TPSA) is 61.4 Å². The van der Waals surface area contributed by atoms with Gasteiger partial charge < -0.3 is 15.5 Å². The van der Waals surface area contributed by atoms with E-state index in [1.165, 1.54) is 0 Å². The van der Waals surface area contributed by atoms with Gasteiger partial charge in [-0.2, -0.15) is 0 Å². The van der Waals surface area contributed by atoms with Crippen LogP contribution in [-0.2, 0) is 10.5 Å². The van der Waals surface area contributed by atoms with E-state index in [-0.39, 0.29) is 17.9 Å². The quantitative estimate of drug-likeness (QED) is 0.849. The molecule has 5 nitrogen and oxygen atoms in total. The number of carbonyl (C=O) groups is 2. The van der Waals surface area contributed by atoms with E-state index in [2.05, 4.69) is 10.6 Å². The highest BCUT2D eigenvalue weighted by Crippen LogP contribution is 2.49. The Morgan fingerprint density at radius 3 is 2.67 bits per heavy atom. The van der Waals surface area contributed by atoms with E-state index in [4.69, 9.17) is 0 Å². The van der Waals surface area contributed by atoms with Crippen molar-refractivity contribution in [3.8, 4) is 0 Å². The molecule has 2 aliphatic heterocycles. The fourth-order valence-corrected chi connectivity index (χ4v) is 3.85. The number of benzene rings is 2. The minimum absolute atomic E-state index is 0.0728. The van der Waals surface area contributed by atoms with Crippen LogP contribution in [0.5, 0.6) is 0 Å². The molecule has 0 bridgehead atoms. The van der Waals surface area contributed by atoms with Crippen LogP contribution in [0.25, 0.3) is 0 Å². The lowest BCUT2D eigenvalue weighted by Crippen LogP contribution is -2.62. The molecule has 120 valence electrons. The van der Waals surface area contributed by atoms with E-state index < -0.39 is 5.66 Å². The fraction of sp³-hybridized carbons (Fsp3) is 0.263. The van der Waals surface area contributed by atoms with Gasteiger partial charge in [-0.05, 0) is 44.0 Å². The number of hydrogen-bond acceptors (Lipinski definition) is 3. The first kappa shape index (κ1) is 13.6. The van der Waals surface area contributed by atoms with Crippen molar-refractivity contribution in [2.24, 2.45) is 0 Å². The van der Waals surface area contributed by atoms with Crippen molar-refractivity contribution in [1.82, 2.24) is 4.90 Å². The zero-order valence-electron chi connectivity index (χ0n) is 13.3. The first-order valence-electron chi connectivity index (χ1n) is 8.25. The highest BCUT2D eigenvalue weighted by Gasteiger charge is 2.59. The van der Waals surface area contributed by atoms with Crippen LogP contribution in [0.15, 0.2) is 42.5 Å². The van der Waals surface area contributed by atoms with E-state index in [1.54, 1.807) is 4.90 Å². The number of rotatable bonds is 1. The molecule has 0 saturated heterocycles. The van der Waals surface area contributed by atoms with Crippen molar-refractivity contribution in [1.29, 1.82) is 0 Å².